The molecule has 0 aliphatic carbocycles. The van der Waals surface area contributed by atoms with Crippen molar-refractivity contribution in [3.8, 4) is 11.6 Å². The number of hydrogen-bond acceptors (Lipinski definition) is 6. The second kappa shape index (κ2) is 5.14. The molecule has 0 atom stereocenters. The van der Waals surface area contributed by atoms with Gasteiger partial charge in [0.2, 0.25) is 11.8 Å². The first kappa shape index (κ1) is 12.4. The van der Waals surface area contributed by atoms with Crippen LogP contribution in [0.25, 0.3) is 11.0 Å². The Balaban J connectivity index is 2.02. The number of fused-ring (bicyclic) bond motifs is 1. The molecule has 7 heteroatoms. The lowest BCUT2D eigenvalue weighted by Crippen LogP contribution is -1.99. The topological polar surface area (TPSA) is 96.0 Å². The zero-order chi connectivity index (χ0) is 13.9. The second-order valence-corrected chi connectivity index (χ2v) is 4.14. The monoisotopic (exact) mass is 271 g/mol. The molecule has 0 fully saturated rings. The van der Waals surface area contributed by atoms with Crippen molar-refractivity contribution in [2.45, 2.75) is 6.61 Å². The van der Waals surface area contributed by atoms with Crippen LogP contribution in [0.2, 0.25) is 0 Å². The summed E-state index contributed by atoms with van der Waals surface area (Å²) in [6, 6.07) is 7.19. The minimum absolute atomic E-state index is 0.0378. The Bertz CT molecular complexity index is 740. The Labute approximate surface area is 114 Å². The number of ether oxygens (including phenoxy) is 1. The van der Waals surface area contributed by atoms with Crippen molar-refractivity contribution < 1.29 is 9.84 Å². The standard InChI is InChI=1S/C13H13N5O2/c1-14-13-16-11-10(6-15-18-11)12(17-13)20-9-4-2-3-8(5-9)7-19/h2-6,19H,7H2,1H3,(H2,14,15,16,17,18). The Hall–Kier alpha value is -2.67. The summed E-state index contributed by atoms with van der Waals surface area (Å²) in [6.07, 6.45) is 1.61. The van der Waals surface area contributed by atoms with Gasteiger partial charge >= 0.3 is 0 Å². The number of aliphatic hydroxyl groups is 1. The highest BCUT2D eigenvalue weighted by Crippen LogP contribution is 2.27. The van der Waals surface area contributed by atoms with Crippen LogP contribution in [0.1, 0.15) is 5.56 Å². The highest BCUT2D eigenvalue weighted by molar-refractivity contribution is 5.80. The van der Waals surface area contributed by atoms with Gasteiger partial charge in [0.1, 0.15) is 11.1 Å². The number of rotatable bonds is 4. The maximum atomic E-state index is 9.14. The van der Waals surface area contributed by atoms with Crippen molar-refractivity contribution in [1.82, 2.24) is 20.2 Å². The smallest absolute Gasteiger partial charge is 0.235 e. The number of aliphatic hydroxyl groups excluding tert-OH is 1. The third kappa shape index (κ3) is 2.26. The molecule has 0 radical (unpaired) electrons. The normalized spacial score (nSPS) is 10.7. The molecule has 2 aromatic heterocycles. The summed E-state index contributed by atoms with van der Waals surface area (Å²) < 4.78 is 5.77. The van der Waals surface area contributed by atoms with Gasteiger partial charge in [0.25, 0.3) is 0 Å². The maximum absolute atomic E-state index is 9.14. The molecule has 0 spiro atoms. The van der Waals surface area contributed by atoms with E-state index in [1.165, 1.54) is 0 Å². The van der Waals surface area contributed by atoms with Gasteiger partial charge < -0.3 is 15.2 Å². The third-order valence-electron chi connectivity index (χ3n) is 2.79. The fourth-order valence-corrected chi connectivity index (χ4v) is 1.82. The fraction of sp³-hybridized carbons (Fsp3) is 0.154. The van der Waals surface area contributed by atoms with E-state index in [1.54, 1.807) is 25.4 Å². The predicted molar refractivity (Wildman–Crippen MR) is 73.7 cm³/mol. The van der Waals surface area contributed by atoms with E-state index in [2.05, 4.69) is 25.5 Å². The molecule has 7 nitrogen and oxygen atoms in total. The highest BCUT2D eigenvalue weighted by atomic mass is 16.5. The lowest BCUT2D eigenvalue weighted by molar-refractivity contribution is 0.281. The van der Waals surface area contributed by atoms with Gasteiger partial charge in [0, 0.05) is 7.05 Å². The number of H-pyrrole nitrogens is 1. The van der Waals surface area contributed by atoms with E-state index >= 15 is 0 Å². The molecule has 0 aliphatic heterocycles. The molecular weight excluding hydrogens is 258 g/mol. The van der Waals surface area contributed by atoms with Crippen LogP contribution in [0.5, 0.6) is 11.6 Å². The number of anilines is 1. The van der Waals surface area contributed by atoms with Crippen molar-refractivity contribution >= 4 is 17.0 Å². The molecule has 102 valence electrons. The van der Waals surface area contributed by atoms with E-state index in [0.717, 1.165) is 5.56 Å². The molecule has 0 saturated carbocycles. The van der Waals surface area contributed by atoms with Crippen LogP contribution < -0.4 is 10.1 Å². The van der Waals surface area contributed by atoms with E-state index < -0.39 is 0 Å². The summed E-state index contributed by atoms with van der Waals surface area (Å²) in [5.74, 6) is 1.44. The van der Waals surface area contributed by atoms with Crippen LogP contribution in [0.15, 0.2) is 30.5 Å². The molecular formula is C13H13N5O2. The molecule has 2 heterocycles. The number of benzene rings is 1. The Morgan fingerprint density at radius 2 is 2.25 bits per heavy atom. The quantitative estimate of drug-likeness (QED) is 0.668. The van der Waals surface area contributed by atoms with Crippen molar-refractivity contribution in [3.05, 3.63) is 36.0 Å². The van der Waals surface area contributed by atoms with Crippen LogP contribution in [0.3, 0.4) is 0 Å². The van der Waals surface area contributed by atoms with Gasteiger partial charge in [-0.2, -0.15) is 15.1 Å². The largest absolute Gasteiger partial charge is 0.438 e. The number of aromatic nitrogens is 4. The highest BCUT2D eigenvalue weighted by Gasteiger charge is 2.11. The van der Waals surface area contributed by atoms with Gasteiger partial charge in [-0.3, -0.25) is 5.10 Å². The second-order valence-electron chi connectivity index (χ2n) is 4.14. The van der Waals surface area contributed by atoms with Crippen LogP contribution in [-0.2, 0) is 6.61 Å². The van der Waals surface area contributed by atoms with E-state index in [9.17, 15) is 0 Å². The zero-order valence-corrected chi connectivity index (χ0v) is 10.8. The van der Waals surface area contributed by atoms with Crippen molar-refractivity contribution in [3.63, 3.8) is 0 Å². The first-order valence-corrected chi connectivity index (χ1v) is 6.06. The van der Waals surface area contributed by atoms with Gasteiger partial charge in [-0.1, -0.05) is 12.1 Å². The minimum Gasteiger partial charge on any atom is -0.438 e. The van der Waals surface area contributed by atoms with E-state index in [4.69, 9.17) is 9.84 Å². The number of aromatic amines is 1. The summed E-state index contributed by atoms with van der Waals surface area (Å²) >= 11 is 0. The molecule has 1 aromatic carbocycles. The number of nitrogens with one attached hydrogen (secondary N) is 2. The van der Waals surface area contributed by atoms with Crippen LogP contribution in [-0.4, -0.2) is 32.3 Å². The zero-order valence-electron chi connectivity index (χ0n) is 10.8. The summed E-state index contributed by atoms with van der Waals surface area (Å²) in [6.45, 7) is -0.0378. The Morgan fingerprint density at radius 3 is 3.05 bits per heavy atom. The summed E-state index contributed by atoms with van der Waals surface area (Å²) in [4.78, 5) is 8.50. The van der Waals surface area contributed by atoms with Crippen LogP contribution >= 0.6 is 0 Å². The van der Waals surface area contributed by atoms with E-state index in [0.29, 0.717) is 28.6 Å². The molecule has 0 unspecified atom stereocenters. The van der Waals surface area contributed by atoms with Gasteiger partial charge in [0.05, 0.1) is 12.8 Å². The maximum Gasteiger partial charge on any atom is 0.235 e. The fourth-order valence-electron chi connectivity index (χ4n) is 1.82. The molecule has 3 N–H and O–H groups in total. The van der Waals surface area contributed by atoms with Gasteiger partial charge in [-0.15, -0.1) is 0 Å². The molecule has 3 rings (SSSR count). The van der Waals surface area contributed by atoms with Crippen LogP contribution in [0, 0.1) is 0 Å². The van der Waals surface area contributed by atoms with Crippen molar-refractivity contribution in [1.29, 1.82) is 0 Å². The predicted octanol–water partition coefficient (Wildman–Crippen LogP) is 1.68. The SMILES string of the molecule is CNc1nc(Oc2cccc(CO)c2)c2cn[nH]c2n1. The number of nitrogens with zero attached hydrogens (tertiary/aromatic N) is 3. The Morgan fingerprint density at radius 1 is 1.35 bits per heavy atom. The molecule has 20 heavy (non-hydrogen) atoms. The first-order chi connectivity index (χ1) is 9.80. The number of hydrogen-bond donors (Lipinski definition) is 3. The lowest BCUT2D eigenvalue weighted by Gasteiger charge is -2.08. The summed E-state index contributed by atoms with van der Waals surface area (Å²) in [7, 11) is 1.73. The van der Waals surface area contributed by atoms with E-state index in [-0.39, 0.29) is 6.61 Å². The molecule has 0 saturated heterocycles. The summed E-state index contributed by atoms with van der Waals surface area (Å²) in [5.41, 5.74) is 1.37. The molecule has 0 aliphatic rings. The van der Waals surface area contributed by atoms with Crippen molar-refractivity contribution in [2.24, 2.45) is 0 Å². The van der Waals surface area contributed by atoms with Crippen LogP contribution in [0.4, 0.5) is 5.95 Å². The minimum atomic E-state index is -0.0378. The Kier molecular flexibility index (Phi) is 3.18. The van der Waals surface area contributed by atoms with Crippen molar-refractivity contribution in [2.75, 3.05) is 12.4 Å². The van der Waals surface area contributed by atoms with Gasteiger partial charge in [-0.05, 0) is 17.7 Å². The first-order valence-electron chi connectivity index (χ1n) is 6.06. The van der Waals surface area contributed by atoms with Gasteiger partial charge in [-0.25, -0.2) is 0 Å². The molecule has 0 bridgehead atoms. The molecule has 0 amide bonds. The van der Waals surface area contributed by atoms with E-state index in [1.807, 2.05) is 12.1 Å². The summed E-state index contributed by atoms with van der Waals surface area (Å²) in [5, 5.41) is 19.4. The average molecular weight is 271 g/mol. The average Bonchev–Trinajstić information content (AvgIpc) is 2.96. The van der Waals surface area contributed by atoms with Gasteiger partial charge in [0.15, 0.2) is 5.65 Å². The lowest BCUT2D eigenvalue weighted by atomic mass is 10.2. The third-order valence-corrected chi connectivity index (χ3v) is 2.79. The molecule has 3 aromatic rings.